The number of aromatic amines is 2. The number of carbonyl (C=O) groups is 1. The first-order valence-electron chi connectivity index (χ1n) is 8.75. The number of aliphatic hydroxyl groups excluding tert-OH is 1. The number of imidazole rings is 1. The van der Waals surface area contributed by atoms with Crippen LogP contribution in [0.3, 0.4) is 0 Å². The van der Waals surface area contributed by atoms with Gasteiger partial charge in [0.1, 0.15) is 24.0 Å². The van der Waals surface area contributed by atoms with Crippen LogP contribution in [0, 0.1) is 5.82 Å². The van der Waals surface area contributed by atoms with Crippen molar-refractivity contribution in [3.63, 3.8) is 0 Å². The number of halogens is 1. The van der Waals surface area contributed by atoms with Crippen molar-refractivity contribution in [1.29, 1.82) is 0 Å². The highest BCUT2D eigenvalue weighted by Crippen LogP contribution is 2.24. The predicted octanol–water partition coefficient (Wildman–Crippen LogP) is 2.42. The first-order chi connectivity index (χ1) is 13.9. The molecule has 4 aromatic rings. The smallest absolute Gasteiger partial charge is 0.306 e. The fraction of sp³-hybridized carbons (Fsp3) is 0.150. The molecule has 4 rings (SSSR count). The number of H-pyrrole nitrogens is 2. The maximum absolute atomic E-state index is 14.1. The van der Waals surface area contributed by atoms with Crippen LogP contribution in [-0.2, 0) is 4.79 Å². The lowest BCUT2D eigenvalue weighted by atomic mass is 10.1. The lowest BCUT2D eigenvalue weighted by Crippen LogP contribution is -2.21. The van der Waals surface area contributed by atoms with Crippen LogP contribution in [0.1, 0.15) is 6.42 Å². The molecule has 0 bridgehead atoms. The number of aliphatic hydroxyl groups is 1. The van der Waals surface area contributed by atoms with Crippen LogP contribution in [0.25, 0.3) is 33.3 Å². The molecule has 2 heterocycles. The third-order valence-corrected chi connectivity index (χ3v) is 4.40. The molecule has 0 spiro atoms. The summed E-state index contributed by atoms with van der Waals surface area (Å²) < 4.78 is 19.5. The number of ether oxygens (including phenoxy) is 1. The van der Waals surface area contributed by atoms with E-state index in [2.05, 4.69) is 15.0 Å². The Morgan fingerprint density at radius 3 is 2.79 bits per heavy atom. The highest BCUT2D eigenvalue weighted by atomic mass is 19.1. The Morgan fingerprint density at radius 2 is 2.00 bits per heavy atom. The molecule has 0 aliphatic rings. The summed E-state index contributed by atoms with van der Waals surface area (Å²) in [4.78, 5) is 33.0. The van der Waals surface area contributed by atoms with Gasteiger partial charge in [0.05, 0.1) is 34.6 Å². The Labute approximate surface area is 162 Å². The quantitative estimate of drug-likeness (QED) is 0.396. The molecule has 0 radical (unpaired) electrons. The van der Waals surface area contributed by atoms with Crippen LogP contribution < -0.4 is 10.3 Å². The van der Waals surface area contributed by atoms with Gasteiger partial charge in [0, 0.05) is 11.5 Å². The second-order valence-corrected chi connectivity index (χ2v) is 6.54. The lowest BCUT2D eigenvalue weighted by Gasteiger charge is -2.10. The fourth-order valence-corrected chi connectivity index (χ4v) is 3.03. The molecule has 0 saturated carbocycles. The average molecular weight is 397 g/mol. The molecule has 29 heavy (non-hydrogen) atoms. The van der Waals surface area contributed by atoms with Gasteiger partial charge in [0.15, 0.2) is 0 Å². The second-order valence-electron chi connectivity index (χ2n) is 6.54. The Balaban J connectivity index is 1.65. The largest absolute Gasteiger partial charge is 0.491 e. The normalized spacial score (nSPS) is 12.3. The highest BCUT2D eigenvalue weighted by molar-refractivity contribution is 5.85. The van der Waals surface area contributed by atoms with Gasteiger partial charge in [-0.25, -0.2) is 9.37 Å². The molecule has 0 aliphatic carbocycles. The highest BCUT2D eigenvalue weighted by Gasteiger charge is 2.14. The SMILES string of the molecule is O=C(O)CC(O)COc1ccc2nc(-c3cc4c(F)cccc4[nH]c3=O)[nH]c2c1. The van der Waals surface area contributed by atoms with E-state index in [9.17, 15) is 19.1 Å². The van der Waals surface area contributed by atoms with Crippen molar-refractivity contribution in [1.82, 2.24) is 15.0 Å². The van der Waals surface area contributed by atoms with Crippen LogP contribution in [0.4, 0.5) is 4.39 Å². The van der Waals surface area contributed by atoms with Crippen LogP contribution in [-0.4, -0.2) is 43.8 Å². The van der Waals surface area contributed by atoms with E-state index in [0.717, 1.165) is 0 Å². The van der Waals surface area contributed by atoms with Gasteiger partial charge in [-0.3, -0.25) is 9.59 Å². The number of aromatic nitrogens is 3. The lowest BCUT2D eigenvalue weighted by molar-refractivity contribution is -0.139. The number of rotatable bonds is 6. The van der Waals surface area contributed by atoms with Crippen LogP contribution >= 0.6 is 0 Å². The van der Waals surface area contributed by atoms with E-state index in [1.807, 2.05) is 0 Å². The van der Waals surface area contributed by atoms with Gasteiger partial charge in [-0.05, 0) is 30.3 Å². The topological polar surface area (TPSA) is 128 Å². The van der Waals surface area contributed by atoms with Crippen molar-refractivity contribution in [2.75, 3.05) is 6.61 Å². The molecule has 8 nitrogen and oxygen atoms in total. The van der Waals surface area contributed by atoms with Gasteiger partial charge in [0.25, 0.3) is 5.56 Å². The molecule has 0 amide bonds. The van der Waals surface area contributed by atoms with E-state index in [0.29, 0.717) is 22.3 Å². The van der Waals surface area contributed by atoms with Crippen molar-refractivity contribution < 1.29 is 24.1 Å². The Bertz CT molecular complexity index is 1280. The number of hydrogen-bond donors (Lipinski definition) is 4. The first kappa shape index (κ1) is 18.6. The summed E-state index contributed by atoms with van der Waals surface area (Å²) in [5.41, 5.74) is 1.31. The molecule has 0 aliphatic heterocycles. The molecule has 9 heteroatoms. The van der Waals surface area contributed by atoms with Gasteiger partial charge in [0.2, 0.25) is 0 Å². The van der Waals surface area contributed by atoms with Crippen LogP contribution in [0.15, 0.2) is 47.3 Å². The molecule has 0 saturated heterocycles. The van der Waals surface area contributed by atoms with Gasteiger partial charge in [-0.15, -0.1) is 0 Å². The third-order valence-electron chi connectivity index (χ3n) is 4.40. The Hall–Kier alpha value is -3.72. The minimum atomic E-state index is -1.13. The summed E-state index contributed by atoms with van der Waals surface area (Å²) in [6.07, 6.45) is -1.55. The van der Waals surface area contributed by atoms with E-state index in [1.54, 1.807) is 24.3 Å². The number of carboxylic acids is 1. The monoisotopic (exact) mass is 397 g/mol. The molecule has 4 N–H and O–H groups in total. The van der Waals surface area contributed by atoms with E-state index in [1.165, 1.54) is 18.2 Å². The number of fused-ring (bicyclic) bond motifs is 2. The number of hydrogen-bond acceptors (Lipinski definition) is 5. The zero-order chi connectivity index (χ0) is 20.5. The maximum atomic E-state index is 14.1. The van der Waals surface area contributed by atoms with Crippen LogP contribution in [0.5, 0.6) is 5.75 Å². The Kier molecular flexibility index (Phi) is 4.73. The molecule has 1 unspecified atom stereocenters. The maximum Gasteiger partial charge on any atom is 0.306 e. The number of pyridine rings is 1. The minimum Gasteiger partial charge on any atom is -0.491 e. The zero-order valence-electron chi connectivity index (χ0n) is 15.0. The van der Waals surface area contributed by atoms with Gasteiger partial charge >= 0.3 is 5.97 Å². The summed E-state index contributed by atoms with van der Waals surface area (Å²) >= 11 is 0. The van der Waals surface area contributed by atoms with E-state index < -0.39 is 29.9 Å². The number of aliphatic carboxylic acids is 1. The molecule has 2 aromatic heterocycles. The van der Waals surface area contributed by atoms with E-state index in [-0.39, 0.29) is 23.4 Å². The fourth-order valence-electron chi connectivity index (χ4n) is 3.03. The number of nitrogens with zero attached hydrogens (tertiary/aromatic N) is 1. The Morgan fingerprint density at radius 1 is 1.17 bits per heavy atom. The molecule has 148 valence electrons. The van der Waals surface area contributed by atoms with Crippen molar-refractivity contribution in [3.8, 4) is 17.1 Å². The molecule has 1 atom stereocenters. The summed E-state index contributed by atoms with van der Waals surface area (Å²) in [7, 11) is 0. The van der Waals surface area contributed by atoms with Crippen molar-refractivity contribution in [2.24, 2.45) is 0 Å². The number of nitrogens with one attached hydrogen (secondary N) is 2. The third kappa shape index (κ3) is 3.81. The number of carboxylic acid groups (broad SMARTS) is 1. The van der Waals surface area contributed by atoms with Gasteiger partial charge < -0.3 is 24.9 Å². The summed E-state index contributed by atoms with van der Waals surface area (Å²) in [6, 6.07) is 10.8. The summed E-state index contributed by atoms with van der Waals surface area (Å²) in [6.45, 7) is -0.178. The summed E-state index contributed by atoms with van der Waals surface area (Å²) in [5, 5.41) is 18.5. The molecule has 2 aromatic carbocycles. The van der Waals surface area contributed by atoms with E-state index >= 15 is 0 Å². The predicted molar refractivity (Wildman–Crippen MR) is 103 cm³/mol. The van der Waals surface area contributed by atoms with Crippen molar-refractivity contribution >= 4 is 27.9 Å². The zero-order valence-corrected chi connectivity index (χ0v) is 15.0. The van der Waals surface area contributed by atoms with Gasteiger partial charge in [-0.1, -0.05) is 6.07 Å². The van der Waals surface area contributed by atoms with Crippen LogP contribution in [0.2, 0.25) is 0 Å². The molecular weight excluding hydrogens is 381 g/mol. The summed E-state index contributed by atoms with van der Waals surface area (Å²) in [5.74, 6) is -0.899. The van der Waals surface area contributed by atoms with E-state index in [4.69, 9.17) is 9.84 Å². The second kappa shape index (κ2) is 7.36. The first-order valence-corrected chi connectivity index (χ1v) is 8.75. The van der Waals surface area contributed by atoms with Crippen molar-refractivity contribution in [2.45, 2.75) is 12.5 Å². The minimum absolute atomic E-state index is 0.178. The number of benzene rings is 2. The molecule has 0 fully saturated rings. The average Bonchev–Trinajstić information content (AvgIpc) is 3.08. The standard InChI is InChI=1S/C20H16FN3O5/c21-14-2-1-3-15-12(14)8-13(20(28)24-15)19-22-16-5-4-11(7-17(16)23-19)29-9-10(25)6-18(26)27/h1-5,7-8,10,25H,6,9H2,(H,22,23)(H,24,28)(H,26,27). The van der Waals surface area contributed by atoms with Crippen molar-refractivity contribution in [3.05, 3.63) is 58.6 Å². The van der Waals surface area contributed by atoms with Gasteiger partial charge in [-0.2, -0.15) is 0 Å². The molecular formula is C20H16FN3O5.